The fourth-order valence-electron chi connectivity index (χ4n) is 2.02. The van der Waals surface area contributed by atoms with Crippen LogP contribution in [0, 0.1) is 0 Å². The number of aromatic carboxylic acids is 1. The van der Waals surface area contributed by atoms with E-state index in [0.29, 0.717) is 29.5 Å². The predicted molar refractivity (Wildman–Crippen MR) is 91.6 cm³/mol. The first kappa shape index (κ1) is 19.5. The molecular formula is C16H19Cl2NO4. The summed E-state index contributed by atoms with van der Waals surface area (Å²) in [6, 6.07) is 8.18. The zero-order valence-electron chi connectivity index (χ0n) is 12.7. The zero-order chi connectivity index (χ0) is 15.9. The summed E-state index contributed by atoms with van der Waals surface area (Å²) in [7, 11) is 1.67. The van der Waals surface area contributed by atoms with E-state index in [9.17, 15) is 4.79 Å². The Morgan fingerprint density at radius 3 is 2.83 bits per heavy atom. The van der Waals surface area contributed by atoms with Crippen molar-refractivity contribution in [1.29, 1.82) is 0 Å². The Hall–Kier alpha value is -1.53. The highest BCUT2D eigenvalue weighted by Gasteiger charge is 2.12. The number of ether oxygens (including phenoxy) is 1. The molecule has 0 bridgehead atoms. The van der Waals surface area contributed by atoms with E-state index in [1.54, 1.807) is 19.2 Å². The third-order valence-corrected chi connectivity index (χ3v) is 3.47. The number of carboxylic acids is 1. The van der Waals surface area contributed by atoms with Gasteiger partial charge in [0.2, 0.25) is 0 Å². The summed E-state index contributed by atoms with van der Waals surface area (Å²) < 4.78 is 10.7. The van der Waals surface area contributed by atoms with Crippen LogP contribution in [0.3, 0.4) is 0 Å². The topological polar surface area (TPSA) is 71.7 Å². The van der Waals surface area contributed by atoms with E-state index >= 15 is 0 Å². The molecule has 2 aromatic rings. The molecule has 126 valence electrons. The summed E-state index contributed by atoms with van der Waals surface area (Å²) in [6.07, 6.45) is 0.927. The summed E-state index contributed by atoms with van der Waals surface area (Å²) >= 11 is 6.12. The second-order valence-electron chi connectivity index (χ2n) is 4.79. The second-order valence-corrected chi connectivity index (χ2v) is 5.20. The number of furan rings is 1. The second kappa shape index (κ2) is 9.57. The van der Waals surface area contributed by atoms with Gasteiger partial charge >= 0.3 is 5.97 Å². The maximum Gasteiger partial charge on any atom is 0.335 e. The lowest BCUT2D eigenvalue weighted by molar-refractivity contribution is 0.0697. The molecule has 0 fully saturated rings. The Kier molecular flexibility index (Phi) is 8.12. The maximum absolute atomic E-state index is 11.0. The molecule has 0 aliphatic carbocycles. The number of hydrogen-bond donors (Lipinski definition) is 2. The van der Waals surface area contributed by atoms with Gasteiger partial charge in [0, 0.05) is 19.3 Å². The highest BCUT2D eigenvalue weighted by Crippen LogP contribution is 2.30. The summed E-state index contributed by atoms with van der Waals surface area (Å²) in [6.45, 7) is 2.15. The first-order valence-corrected chi connectivity index (χ1v) is 7.31. The van der Waals surface area contributed by atoms with Crippen molar-refractivity contribution in [2.24, 2.45) is 0 Å². The van der Waals surface area contributed by atoms with Crippen molar-refractivity contribution in [3.63, 3.8) is 0 Å². The van der Waals surface area contributed by atoms with Gasteiger partial charge in [-0.25, -0.2) is 4.79 Å². The molecule has 0 radical (unpaired) electrons. The van der Waals surface area contributed by atoms with E-state index in [1.807, 2.05) is 6.07 Å². The third-order valence-electron chi connectivity index (χ3n) is 3.14. The van der Waals surface area contributed by atoms with Gasteiger partial charge in [-0.15, -0.1) is 12.4 Å². The predicted octanol–water partition coefficient (Wildman–Crippen LogP) is 3.85. The van der Waals surface area contributed by atoms with Gasteiger partial charge in [0.15, 0.2) is 0 Å². The van der Waals surface area contributed by atoms with Crippen LogP contribution in [0.4, 0.5) is 0 Å². The number of rotatable bonds is 8. The quantitative estimate of drug-likeness (QED) is 0.700. The van der Waals surface area contributed by atoms with Crippen LogP contribution in [0.5, 0.6) is 0 Å². The van der Waals surface area contributed by atoms with Gasteiger partial charge in [-0.1, -0.05) is 11.6 Å². The minimum Gasteiger partial charge on any atom is -0.478 e. The first-order valence-electron chi connectivity index (χ1n) is 6.93. The van der Waals surface area contributed by atoms with Gasteiger partial charge in [-0.3, -0.25) is 0 Å². The summed E-state index contributed by atoms with van der Waals surface area (Å²) in [5.74, 6) is 0.329. The van der Waals surface area contributed by atoms with Crippen LogP contribution in [0.25, 0.3) is 11.3 Å². The molecule has 23 heavy (non-hydrogen) atoms. The highest BCUT2D eigenvalue weighted by molar-refractivity contribution is 6.33. The van der Waals surface area contributed by atoms with Crippen LogP contribution in [-0.2, 0) is 11.3 Å². The SMILES string of the molecule is COCCCNCc1ccc(-c2cc(C(=O)O)ccc2Cl)o1.Cl. The Morgan fingerprint density at radius 2 is 2.13 bits per heavy atom. The van der Waals surface area contributed by atoms with Crippen molar-refractivity contribution in [3.05, 3.63) is 46.7 Å². The zero-order valence-corrected chi connectivity index (χ0v) is 14.2. The number of benzene rings is 1. The van der Waals surface area contributed by atoms with Crippen molar-refractivity contribution in [2.75, 3.05) is 20.3 Å². The van der Waals surface area contributed by atoms with Gasteiger partial charge < -0.3 is 19.6 Å². The molecule has 2 N–H and O–H groups in total. The van der Waals surface area contributed by atoms with E-state index in [2.05, 4.69) is 5.32 Å². The molecule has 7 heteroatoms. The van der Waals surface area contributed by atoms with E-state index in [0.717, 1.165) is 18.7 Å². The molecule has 1 heterocycles. The lowest BCUT2D eigenvalue weighted by atomic mass is 10.1. The van der Waals surface area contributed by atoms with E-state index in [1.165, 1.54) is 12.1 Å². The van der Waals surface area contributed by atoms with Crippen molar-refractivity contribution >= 4 is 30.0 Å². The van der Waals surface area contributed by atoms with E-state index in [-0.39, 0.29) is 18.0 Å². The largest absolute Gasteiger partial charge is 0.478 e. The van der Waals surface area contributed by atoms with Crippen LogP contribution in [0.15, 0.2) is 34.7 Å². The van der Waals surface area contributed by atoms with Gasteiger partial charge in [0.05, 0.1) is 17.1 Å². The van der Waals surface area contributed by atoms with Crippen molar-refractivity contribution < 1.29 is 19.1 Å². The minimum absolute atomic E-state index is 0. The van der Waals surface area contributed by atoms with Gasteiger partial charge in [0.1, 0.15) is 11.5 Å². The number of nitrogens with one attached hydrogen (secondary N) is 1. The molecule has 0 unspecified atom stereocenters. The molecule has 0 aliphatic rings. The van der Waals surface area contributed by atoms with Crippen molar-refractivity contribution in [1.82, 2.24) is 5.32 Å². The summed E-state index contributed by atoms with van der Waals surface area (Å²) in [5.41, 5.74) is 0.752. The fraction of sp³-hybridized carbons (Fsp3) is 0.312. The number of carboxylic acid groups (broad SMARTS) is 1. The number of methoxy groups -OCH3 is 1. The monoisotopic (exact) mass is 359 g/mol. The van der Waals surface area contributed by atoms with Crippen LogP contribution >= 0.6 is 24.0 Å². The van der Waals surface area contributed by atoms with Gasteiger partial charge in [0.25, 0.3) is 0 Å². The van der Waals surface area contributed by atoms with Crippen LogP contribution in [-0.4, -0.2) is 31.3 Å². The van der Waals surface area contributed by atoms with Crippen LogP contribution in [0.1, 0.15) is 22.5 Å². The molecule has 5 nitrogen and oxygen atoms in total. The molecule has 0 atom stereocenters. The van der Waals surface area contributed by atoms with E-state index < -0.39 is 5.97 Å². The first-order chi connectivity index (χ1) is 10.6. The smallest absolute Gasteiger partial charge is 0.335 e. The Balaban J connectivity index is 0.00000264. The number of hydrogen-bond acceptors (Lipinski definition) is 4. The summed E-state index contributed by atoms with van der Waals surface area (Å²) in [5, 5.41) is 12.7. The molecule has 1 aromatic carbocycles. The van der Waals surface area contributed by atoms with Crippen LogP contribution in [0.2, 0.25) is 5.02 Å². The molecule has 1 aromatic heterocycles. The summed E-state index contributed by atoms with van der Waals surface area (Å²) in [4.78, 5) is 11.0. The third kappa shape index (κ3) is 5.55. The lowest BCUT2D eigenvalue weighted by Crippen LogP contribution is -2.15. The average Bonchev–Trinajstić information content (AvgIpc) is 2.96. The Bertz CT molecular complexity index is 643. The van der Waals surface area contributed by atoms with Crippen LogP contribution < -0.4 is 5.32 Å². The molecule has 0 spiro atoms. The normalized spacial score (nSPS) is 10.3. The molecule has 0 saturated carbocycles. The standard InChI is InChI=1S/C16H18ClNO4.ClH/c1-21-8-2-7-18-10-12-4-6-15(22-12)13-9-11(16(19)20)3-5-14(13)17;/h3-6,9,18H,2,7-8,10H2,1H3,(H,19,20);1H. The van der Waals surface area contributed by atoms with Gasteiger partial charge in [-0.2, -0.15) is 0 Å². The number of halogens is 2. The van der Waals surface area contributed by atoms with E-state index in [4.69, 9.17) is 25.9 Å². The minimum atomic E-state index is -0.996. The average molecular weight is 360 g/mol. The molecule has 0 saturated heterocycles. The fourth-order valence-corrected chi connectivity index (χ4v) is 2.23. The van der Waals surface area contributed by atoms with Crippen molar-refractivity contribution in [3.8, 4) is 11.3 Å². The molecule has 2 rings (SSSR count). The molecular weight excluding hydrogens is 341 g/mol. The highest BCUT2D eigenvalue weighted by atomic mass is 35.5. The Morgan fingerprint density at radius 1 is 1.35 bits per heavy atom. The van der Waals surface area contributed by atoms with Gasteiger partial charge in [-0.05, 0) is 43.3 Å². The molecule has 0 amide bonds. The van der Waals surface area contributed by atoms with Crippen molar-refractivity contribution in [2.45, 2.75) is 13.0 Å². The number of carbonyl (C=O) groups is 1. The molecule has 0 aliphatic heterocycles. The lowest BCUT2D eigenvalue weighted by Gasteiger charge is -2.04. The Labute approximate surface area is 146 Å². The maximum atomic E-state index is 11.0.